The number of thiazole rings is 1. The number of aromatic nitrogens is 2. The molecule has 3 heterocycles. The van der Waals surface area contributed by atoms with Crippen LogP contribution < -0.4 is 0 Å². The minimum absolute atomic E-state index is 0.110. The Kier molecular flexibility index (Phi) is 5.44. The largest absolute Gasteiger partial charge is 0.299 e. The molecule has 0 atom stereocenters. The fourth-order valence-corrected chi connectivity index (χ4v) is 5.31. The first-order valence-electron chi connectivity index (χ1n) is 10.4. The number of rotatable bonds is 5. The first-order valence-corrected chi connectivity index (χ1v) is 11.3. The zero-order valence-electron chi connectivity index (χ0n) is 17.0. The molecule has 2 aromatic heterocycles. The molecule has 0 aliphatic carbocycles. The highest BCUT2D eigenvalue weighted by Gasteiger charge is 2.25. The number of nitro benzene ring substituents is 1. The zero-order chi connectivity index (χ0) is 21.2. The van der Waals surface area contributed by atoms with Crippen LogP contribution in [0.1, 0.15) is 29.3 Å². The van der Waals surface area contributed by atoms with E-state index in [1.165, 1.54) is 17.0 Å². The van der Waals surface area contributed by atoms with E-state index in [2.05, 4.69) is 34.1 Å². The topological polar surface area (TPSA) is 72.2 Å². The molecular weight excluding hydrogens is 408 g/mol. The van der Waals surface area contributed by atoms with Gasteiger partial charge in [-0.15, -0.1) is 11.3 Å². The number of nitro groups is 1. The highest BCUT2D eigenvalue weighted by molar-refractivity contribution is 7.10. The lowest BCUT2D eigenvalue weighted by atomic mass is 9.96. The van der Waals surface area contributed by atoms with Crippen LogP contribution in [0.5, 0.6) is 0 Å². The summed E-state index contributed by atoms with van der Waals surface area (Å²) in [6, 6.07) is 17.2. The maximum Gasteiger partial charge on any atom is 0.278 e. The average molecular weight is 431 g/mol. The van der Waals surface area contributed by atoms with Gasteiger partial charge in [0.25, 0.3) is 5.69 Å². The van der Waals surface area contributed by atoms with Gasteiger partial charge < -0.3 is 0 Å². The van der Waals surface area contributed by atoms with Crippen LogP contribution in [-0.2, 0) is 6.54 Å². The number of likely N-dealkylation sites (tertiary alicyclic amines) is 1. The molecule has 31 heavy (non-hydrogen) atoms. The molecule has 7 heteroatoms. The maximum atomic E-state index is 11.3. The lowest BCUT2D eigenvalue weighted by Crippen LogP contribution is -2.32. The molecule has 0 unspecified atom stereocenters. The summed E-state index contributed by atoms with van der Waals surface area (Å²) in [6.45, 7) is 2.96. The summed E-state index contributed by atoms with van der Waals surface area (Å²) in [5.74, 6) is 0.409. The third-order valence-corrected chi connectivity index (χ3v) is 6.98. The molecule has 0 saturated carbocycles. The lowest BCUT2D eigenvalue weighted by Gasteiger charge is -2.31. The molecule has 2 aromatic carbocycles. The second-order valence-electron chi connectivity index (χ2n) is 7.88. The lowest BCUT2D eigenvalue weighted by molar-refractivity contribution is -0.384. The molecule has 0 radical (unpaired) electrons. The number of nitrogens with zero attached hydrogens (tertiary/aromatic N) is 4. The fraction of sp³-hybridized carbons (Fsp3) is 0.250. The summed E-state index contributed by atoms with van der Waals surface area (Å²) in [5, 5.41) is 15.6. The number of hydrogen-bond acceptors (Lipinski definition) is 6. The van der Waals surface area contributed by atoms with Crippen molar-refractivity contribution in [2.24, 2.45) is 0 Å². The van der Waals surface area contributed by atoms with E-state index in [4.69, 9.17) is 4.98 Å². The highest BCUT2D eigenvalue weighted by Crippen LogP contribution is 2.36. The number of fused-ring (bicyclic) bond motifs is 1. The second kappa shape index (κ2) is 8.53. The third-order valence-electron chi connectivity index (χ3n) is 5.97. The van der Waals surface area contributed by atoms with Crippen molar-refractivity contribution >= 4 is 27.9 Å². The van der Waals surface area contributed by atoms with E-state index in [9.17, 15) is 10.1 Å². The number of piperidine rings is 1. The standard InChI is InChI=1S/C24H22N4O2S/c29-28(30)23-8-4-2-6-20(23)22-16-31-24(26-22)17-10-13-27(14-11-17)15-18-9-12-25-21-7-3-1-5-19(18)21/h1-9,12,16-17H,10-11,13-15H2. The van der Waals surface area contributed by atoms with Crippen molar-refractivity contribution in [2.45, 2.75) is 25.3 Å². The maximum absolute atomic E-state index is 11.3. The molecule has 5 rings (SSSR count). The van der Waals surface area contributed by atoms with Gasteiger partial charge in [0.2, 0.25) is 0 Å². The smallest absolute Gasteiger partial charge is 0.278 e. The molecule has 0 N–H and O–H groups in total. The molecule has 1 fully saturated rings. The van der Waals surface area contributed by atoms with Crippen molar-refractivity contribution in [3.63, 3.8) is 0 Å². The summed E-state index contributed by atoms with van der Waals surface area (Å²) < 4.78 is 0. The predicted molar refractivity (Wildman–Crippen MR) is 123 cm³/mol. The van der Waals surface area contributed by atoms with E-state index < -0.39 is 0 Å². The number of benzene rings is 2. The normalized spacial score (nSPS) is 15.4. The van der Waals surface area contributed by atoms with Crippen LogP contribution in [0.2, 0.25) is 0 Å². The highest BCUT2D eigenvalue weighted by atomic mass is 32.1. The Balaban J connectivity index is 1.27. The van der Waals surface area contributed by atoms with Gasteiger partial charge in [-0.1, -0.05) is 30.3 Å². The minimum Gasteiger partial charge on any atom is -0.299 e. The van der Waals surface area contributed by atoms with Crippen molar-refractivity contribution in [1.82, 2.24) is 14.9 Å². The van der Waals surface area contributed by atoms with Gasteiger partial charge in [0.15, 0.2) is 0 Å². The predicted octanol–water partition coefficient (Wildman–Crippen LogP) is 5.65. The Bertz CT molecular complexity index is 1230. The fourth-order valence-electron chi connectivity index (χ4n) is 4.32. The SMILES string of the molecule is O=[N+]([O-])c1ccccc1-c1csc(C2CCN(Cc3ccnc4ccccc34)CC2)n1. The molecular formula is C24H22N4O2S. The monoisotopic (exact) mass is 430 g/mol. The van der Waals surface area contributed by atoms with E-state index >= 15 is 0 Å². The average Bonchev–Trinajstić information content (AvgIpc) is 3.30. The van der Waals surface area contributed by atoms with Crippen molar-refractivity contribution in [2.75, 3.05) is 13.1 Å². The van der Waals surface area contributed by atoms with Crippen LogP contribution in [0.15, 0.2) is 66.2 Å². The van der Waals surface area contributed by atoms with Crippen molar-refractivity contribution in [3.8, 4) is 11.3 Å². The van der Waals surface area contributed by atoms with Crippen molar-refractivity contribution < 1.29 is 4.92 Å². The summed E-state index contributed by atoms with van der Waals surface area (Å²) in [6.07, 6.45) is 3.99. The van der Waals surface area contributed by atoms with Crippen LogP contribution in [0.3, 0.4) is 0 Å². The molecule has 4 aromatic rings. The van der Waals surface area contributed by atoms with Crippen molar-refractivity contribution in [3.05, 3.63) is 86.9 Å². The summed E-state index contributed by atoms with van der Waals surface area (Å²) >= 11 is 1.62. The summed E-state index contributed by atoms with van der Waals surface area (Å²) in [5.41, 5.74) is 3.77. The minimum atomic E-state index is -0.338. The number of hydrogen-bond donors (Lipinski definition) is 0. The third kappa shape index (κ3) is 4.06. The van der Waals surface area contributed by atoms with Crippen LogP contribution >= 0.6 is 11.3 Å². The molecule has 156 valence electrons. The second-order valence-corrected chi connectivity index (χ2v) is 8.77. The molecule has 1 saturated heterocycles. The van der Waals surface area contributed by atoms with Gasteiger partial charge in [0, 0.05) is 35.5 Å². The van der Waals surface area contributed by atoms with Crippen LogP contribution in [0.4, 0.5) is 5.69 Å². The van der Waals surface area contributed by atoms with Gasteiger partial charge in [0.1, 0.15) is 0 Å². The van der Waals surface area contributed by atoms with Gasteiger partial charge in [-0.2, -0.15) is 0 Å². The van der Waals surface area contributed by atoms with E-state index in [1.54, 1.807) is 23.5 Å². The van der Waals surface area contributed by atoms with E-state index in [0.29, 0.717) is 17.2 Å². The Morgan fingerprint density at radius 2 is 1.84 bits per heavy atom. The van der Waals surface area contributed by atoms with Crippen LogP contribution in [0, 0.1) is 10.1 Å². The van der Waals surface area contributed by atoms with Gasteiger partial charge in [-0.3, -0.25) is 20.0 Å². The first kappa shape index (κ1) is 19.8. The van der Waals surface area contributed by atoms with Crippen molar-refractivity contribution in [1.29, 1.82) is 0 Å². The van der Waals surface area contributed by atoms with Gasteiger partial charge >= 0.3 is 0 Å². The molecule has 0 amide bonds. The summed E-state index contributed by atoms with van der Waals surface area (Å²) in [4.78, 5) is 22.7. The van der Waals surface area contributed by atoms with Gasteiger partial charge in [-0.25, -0.2) is 4.98 Å². The Labute approximate surface area is 184 Å². The first-order chi connectivity index (χ1) is 15.2. The quantitative estimate of drug-likeness (QED) is 0.302. The van der Waals surface area contributed by atoms with Crippen LogP contribution in [0.25, 0.3) is 22.2 Å². The van der Waals surface area contributed by atoms with Gasteiger partial charge in [0.05, 0.1) is 26.7 Å². The van der Waals surface area contributed by atoms with Gasteiger partial charge in [-0.05, 0) is 49.7 Å². The Hall–Kier alpha value is -3.16. The van der Waals surface area contributed by atoms with E-state index in [0.717, 1.165) is 43.0 Å². The molecule has 0 spiro atoms. The van der Waals surface area contributed by atoms with E-state index in [-0.39, 0.29) is 10.6 Å². The zero-order valence-corrected chi connectivity index (χ0v) is 17.8. The summed E-state index contributed by atoms with van der Waals surface area (Å²) in [7, 11) is 0. The molecule has 0 bridgehead atoms. The Morgan fingerprint density at radius 3 is 2.68 bits per heavy atom. The number of pyridine rings is 1. The Morgan fingerprint density at radius 1 is 1.06 bits per heavy atom. The molecule has 1 aliphatic rings. The van der Waals surface area contributed by atoms with Crippen LogP contribution in [-0.4, -0.2) is 32.9 Å². The molecule has 6 nitrogen and oxygen atoms in total. The molecule has 1 aliphatic heterocycles. The van der Waals surface area contributed by atoms with E-state index in [1.807, 2.05) is 23.7 Å². The number of para-hydroxylation sites is 2.